The lowest BCUT2D eigenvalue weighted by molar-refractivity contribution is -0.139. The molecule has 1 aromatic rings. The van der Waals surface area contributed by atoms with Gasteiger partial charge in [-0.05, 0) is 42.5 Å². The van der Waals surface area contributed by atoms with Gasteiger partial charge in [0, 0.05) is 33.1 Å². The lowest BCUT2D eigenvalue weighted by Crippen LogP contribution is -2.41. The first-order chi connectivity index (χ1) is 10.4. The number of rotatable bonds is 3. The minimum atomic E-state index is -3.43. The minimum absolute atomic E-state index is 0.190. The van der Waals surface area contributed by atoms with Gasteiger partial charge in [-0.25, -0.2) is 12.7 Å². The maximum atomic E-state index is 12.4. The summed E-state index contributed by atoms with van der Waals surface area (Å²) in [5.74, 6) is 0.424. The van der Waals surface area contributed by atoms with Gasteiger partial charge in [0.15, 0.2) is 0 Å². The Morgan fingerprint density at radius 1 is 1.23 bits per heavy atom. The van der Waals surface area contributed by atoms with Crippen LogP contribution in [0.4, 0.5) is 0 Å². The average molecular weight is 322 g/mol. The predicted octanol–water partition coefficient (Wildman–Crippen LogP) is 1.62. The molecule has 0 atom stereocenters. The number of carbonyl (C=O) groups excluding carboxylic acids is 1. The first-order valence-electron chi connectivity index (χ1n) is 7.72. The summed E-state index contributed by atoms with van der Waals surface area (Å²) in [6, 6.07) is 5.28. The van der Waals surface area contributed by atoms with Gasteiger partial charge >= 0.3 is 0 Å². The molecular formula is C16H22N2O3S. The zero-order valence-electron chi connectivity index (χ0n) is 13.1. The molecule has 0 spiro atoms. The molecular weight excluding hydrogens is 300 g/mol. The standard InChI is InChI=1S/C16H22N2O3S/c1-17(2)22(20,21)15-7-6-12-8-9-18(11-14(12)10-15)16(19)13-4-3-5-13/h6-7,10,13H,3-5,8-9,11H2,1-2H3. The molecule has 1 aromatic carbocycles. The quantitative estimate of drug-likeness (QED) is 0.850. The Kier molecular flexibility index (Phi) is 3.99. The van der Waals surface area contributed by atoms with E-state index in [4.69, 9.17) is 0 Å². The Morgan fingerprint density at radius 2 is 1.95 bits per heavy atom. The van der Waals surface area contributed by atoms with Crippen LogP contribution in [0.15, 0.2) is 23.1 Å². The number of benzene rings is 1. The number of fused-ring (bicyclic) bond motifs is 1. The van der Waals surface area contributed by atoms with E-state index >= 15 is 0 Å². The van der Waals surface area contributed by atoms with E-state index in [0.29, 0.717) is 11.4 Å². The molecule has 3 rings (SSSR count). The van der Waals surface area contributed by atoms with E-state index < -0.39 is 10.0 Å². The highest BCUT2D eigenvalue weighted by atomic mass is 32.2. The number of nitrogens with zero attached hydrogens (tertiary/aromatic N) is 2. The van der Waals surface area contributed by atoms with Gasteiger partial charge < -0.3 is 4.90 Å². The number of amides is 1. The fourth-order valence-electron chi connectivity index (χ4n) is 3.01. The maximum absolute atomic E-state index is 12.4. The Labute approximate surface area is 132 Å². The average Bonchev–Trinajstić information content (AvgIpc) is 2.44. The first-order valence-corrected chi connectivity index (χ1v) is 9.17. The van der Waals surface area contributed by atoms with Crippen molar-refractivity contribution in [2.45, 2.75) is 37.1 Å². The Balaban J connectivity index is 1.85. The Hall–Kier alpha value is -1.40. The van der Waals surface area contributed by atoms with Gasteiger partial charge in [0.05, 0.1) is 4.90 Å². The molecule has 2 aliphatic rings. The molecule has 0 saturated heterocycles. The molecule has 120 valence electrons. The Bertz CT molecular complexity index is 693. The molecule has 0 bridgehead atoms. The van der Waals surface area contributed by atoms with E-state index in [2.05, 4.69) is 0 Å². The van der Waals surface area contributed by atoms with E-state index in [1.807, 2.05) is 11.0 Å². The van der Waals surface area contributed by atoms with Gasteiger partial charge in [-0.1, -0.05) is 12.5 Å². The van der Waals surface area contributed by atoms with Crippen molar-refractivity contribution in [2.75, 3.05) is 20.6 Å². The topological polar surface area (TPSA) is 57.7 Å². The van der Waals surface area contributed by atoms with Crippen molar-refractivity contribution < 1.29 is 13.2 Å². The van der Waals surface area contributed by atoms with Crippen LogP contribution in [-0.4, -0.2) is 44.2 Å². The van der Waals surface area contributed by atoms with Gasteiger partial charge in [-0.2, -0.15) is 0 Å². The SMILES string of the molecule is CN(C)S(=O)(=O)c1ccc2c(c1)CN(C(=O)C1CCC1)CC2. The van der Waals surface area contributed by atoms with Crippen LogP contribution in [0.2, 0.25) is 0 Å². The lowest BCUT2D eigenvalue weighted by Gasteiger charge is -2.35. The third-order valence-corrected chi connectivity index (χ3v) is 6.55. The molecule has 1 saturated carbocycles. The van der Waals surface area contributed by atoms with Gasteiger partial charge in [-0.3, -0.25) is 4.79 Å². The van der Waals surface area contributed by atoms with E-state index in [0.717, 1.165) is 43.4 Å². The van der Waals surface area contributed by atoms with Crippen LogP contribution < -0.4 is 0 Å². The van der Waals surface area contributed by atoms with Crippen molar-refractivity contribution in [3.8, 4) is 0 Å². The first kappa shape index (κ1) is 15.5. The van der Waals surface area contributed by atoms with Crippen molar-refractivity contribution in [1.82, 2.24) is 9.21 Å². The predicted molar refractivity (Wildman–Crippen MR) is 83.8 cm³/mol. The number of hydrogen-bond acceptors (Lipinski definition) is 3. The van der Waals surface area contributed by atoms with E-state index in [-0.39, 0.29) is 11.8 Å². The van der Waals surface area contributed by atoms with Gasteiger partial charge in [-0.15, -0.1) is 0 Å². The summed E-state index contributed by atoms with van der Waals surface area (Å²) in [6.07, 6.45) is 3.94. The van der Waals surface area contributed by atoms with Crippen LogP contribution in [0.3, 0.4) is 0 Å². The third-order valence-electron chi connectivity index (χ3n) is 4.73. The highest BCUT2D eigenvalue weighted by molar-refractivity contribution is 7.89. The second-order valence-electron chi connectivity index (χ2n) is 6.36. The normalized spacial score (nSPS) is 19.0. The van der Waals surface area contributed by atoms with Gasteiger partial charge in [0.1, 0.15) is 0 Å². The monoisotopic (exact) mass is 322 g/mol. The van der Waals surface area contributed by atoms with Crippen LogP contribution in [0.25, 0.3) is 0 Å². The molecule has 1 fully saturated rings. The smallest absolute Gasteiger partial charge is 0.242 e. The number of carbonyl (C=O) groups is 1. The van der Waals surface area contributed by atoms with Gasteiger partial charge in [0.25, 0.3) is 0 Å². The van der Waals surface area contributed by atoms with Crippen LogP contribution >= 0.6 is 0 Å². The molecule has 1 heterocycles. The van der Waals surface area contributed by atoms with Crippen LogP contribution in [0, 0.1) is 5.92 Å². The fraction of sp³-hybridized carbons (Fsp3) is 0.562. The van der Waals surface area contributed by atoms with E-state index in [9.17, 15) is 13.2 Å². The summed E-state index contributed by atoms with van der Waals surface area (Å²) in [4.78, 5) is 14.6. The van der Waals surface area contributed by atoms with E-state index in [1.54, 1.807) is 12.1 Å². The van der Waals surface area contributed by atoms with Crippen molar-refractivity contribution in [1.29, 1.82) is 0 Å². The number of hydrogen-bond donors (Lipinski definition) is 0. The van der Waals surface area contributed by atoms with Crippen LogP contribution in [0.5, 0.6) is 0 Å². The zero-order valence-corrected chi connectivity index (χ0v) is 13.9. The highest BCUT2D eigenvalue weighted by Crippen LogP contribution is 2.31. The number of sulfonamides is 1. The molecule has 1 aliphatic heterocycles. The van der Waals surface area contributed by atoms with Crippen molar-refractivity contribution in [3.63, 3.8) is 0 Å². The summed E-state index contributed by atoms with van der Waals surface area (Å²) in [5, 5.41) is 0. The molecule has 0 aromatic heterocycles. The molecule has 22 heavy (non-hydrogen) atoms. The van der Waals surface area contributed by atoms with Crippen molar-refractivity contribution in [3.05, 3.63) is 29.3 Å². The largest absolute Gasteiger partial charge is 0.338 e. The molecule has 5 nitrogen and oxygen atoms in total. The fourth-order valence-corrected chi connectivity index (χ4v) is 3.96. The minimum Gasteiger partial charge on any atom is -0.338 e. The van der Waals surface area contributed by atoms with Crippen molar-refractivity contribution >= 4 is 15.9 Å². The second-order valence-corrected chi connectivity index (χ2v) is 8.51. The van der Waals surface area contributed by atoms with Gasteiger partial charge in [0.2, 0.25) is 15.9 Å². The highest BCUT2D eigenvalue weighted by Gasteiger charge is 2.31. The summed E-state index contributed by atoms with van der Waals surface area (Å²) < 4.78 is 25.7. The second kappa shape index (κ2) is 5.66. The zero-order chi connectivity index (χ0) is 15.9. The van der Waals surface area contributed by atoms with Crippen LogP contribution in [-0.2, 0) is 27.8 Å². The molecule has 6 heteroatoms. The third kappa shape index (κ3) is 2.65. The molecule has 0 radical (unpaired) electrons. The summed E-state index contributed by atoms with van der Waals surface area (Å²) in [5.41, 5.74) is 2.11. The van der Waals surface area contributed by atoms with E-state index in [1.165, 1.54) is 18.4 Å². The molecule has 0 N–H and O–H groups in total. The van der Waals surface area contributed by atoms with Crippen LogP contribution in [0.1, 0.15) is 30.4 Å². The Morgan fingerprint density at radius 3 is 2.55 bits per heavy atom. The maximum Gasteiger partial charge on any atom is 0.242 e. The van der Waals surface area contributed by atoms with Crippen molar-refractivity contribution in [2.24, 2.45) is 5.92 Å². The summed E-state index contributed by atoms with van der Waals surface area (Å²) in [6.45, 7) is 1.27. The molecule has 1 amide bonds. The molecule has 0 unspecified atom stereocenters. The lowest BCUT2D eigenvalue weighted by atomic mass is 9.84. The summed E-state index contributed by atoms with van der Waals surface area (Å²) >= 11 is 0. The summed E-state index contributed by atoms with van der Waals surface area (Å²) in [7, 11) is -0.370. The molecule has 1 aliphatic carbocycles.